The van der Waals surface area contributed by atoms with E-state index in [1.165, 1.54) is 44.1 Å². The summed E-state index contributed by atoms with van der Waals surface area (Å²) in [7, 11) is 0. The molecule has 1 N–H and O–H groups in total. The number of fused-ring (bicyclic) bond motifs is 6. The summed E-state index contributed by atoms with van der Waals surface area (Å²) in [6.45, 7) is 17.3. The summed E-state index contributed by atoms with van der Waals surface area (Å²) in [5.74, 6) is 2.17. The maximum atomic E-state index is 12.3. The molecule has 6 nitrogen and oxygen atoms in total. The minimum atomic E-state index is -0.669. The molecule has 6 atom stereocenters. The van der Waals surface area contributed by atoms with Gasteiger partial charge in [-0.3, -0.25) is 24.0 Å². The maximum absolute atomic E-state index is 12.3. The van der Waals surface area contributed by atoms with E-state index in [1.807, 2.05) is 20.8 Å². The standard InChI is InChI=1S/C18H28O.C17H22O3.C7H12O.C5H9ClO/c1-16(2)13-8-11-17(3)10-6-5-7-14(17)18(13,4)12-9-15(16)19;1-11-12-6-10-17(15(19)20)8-4-3-5-14(17)16(12,2)9-7-13(11)18;1-6-4-2-3-5-7(6)8;1-2-5(7)3-4-6/h7,13H,5-6,8-12H2,1-4H3;5H,3-4,6-10H2,1-2H3,(H,19,20);6H,2-5H2,1H3;2-4H2,1H3/t13-,17+,18-;16-,17-;;/m00../s1. The van der Waals surface area contributed by atoms with Gasteiger partial charge in [0.05, 0.1) is 5.41 Å². The molecule has 4 fully saturated rings. The fourth-order valence-corrected chi connectivity index (χ4v) is 12.0. The molecule has 0 aromatic carbocycles. The zero-order valence-electron chi connectivity index (χ0n) is 35.0. The lowest BCUT2D eigenvalue weighted by atomic mass is 9.44. The summed E-state index contributed by atoms with van der Waals surface area (Å²) in [6, 6.07) is 0. The minimum Gasteiger partial charge on any atom is -0.481 e. The number of alkyl halides is 1. The number of carboxylic acid groups (broad SMARTS) is 1. The van der Waals surface area contributed by atoms with Gasteiger partial charge in [-0.2, -0.15) is 0 Å². The number of hydrogen-bond donors (Lipinski definition) is 1. The summed E-state index contributed by atoms with van der Waals surface area (Å²) in [5.41, 5.74) is 4.63. The second kappa shape index (κ2) is 17.9. The summed E-state index contributed by atoms with van der Waals surface area (Å²) in [6.07, 6.45) is 24.0. The molecule has 0 aromatic rings. The molecule has 0 aliphatic heterocycles. The maximum Gasteiger partial charge on any atom is 0.313 e. The van der Waals surface area contributed by atoms with Gasteiger partial charge in [0.15, 0.2) is 5.78 Å². The van der Waals surface area contributed by atoms with E-state index in [0.29, 0.717) is 60.4 Å². The van der Waals surface area contributed by atoms with Gasteiger partial charge in [0.25, 0.3) is 0 Å². The first-order chi connectivity index (χ1) is 25.3. The molecular formula is C47H71ClO6. The lowest BCUT2D eigenvalue weighted by molar-refractivity contribution is -0.149. The first-order valence-electron chi connectivity index (χ1n) is 21.4. The molecule has 4 saturated carbocycles. The van der Waals surface area contributed by atoms with Crippen molar-refractivity contribution in [1.29, 1.82) is 0 Å². The van der Waals surface area contributed by atoms with Crippen LogP contribution in [0.15, 0.2) is 34.4 Å². The van der Waals surface area contributed by atoms with Gasteiger partial charge in [-0.05, 0) is 125 Å². The molecule has 0 bridgehead atoms. The Morgan fingerprint density at radius 2 is 1.46 bits per heavy atom. The van der Waals surface area contributed by atoms with Crippen molar-refractivity contribution >= 4 is 40.7 Å². The molecule has 54 heavy (non-hydrogen) atoms. The van der Waals surface area contributed by atoms with Gasteiger partial charge in [0.1, 0.15) is 17.3 Å². The third kappa shape index (κ3) is 8.79. The lowest BCUT2D eigenvalue weighted by Gasteiger charge is -2.60. The number of carboxylic acids is 1. The first kappa shape index (κ1) is 44.4. The summed E-state index contributed by atoms with van der Waals surface area (Å²) >= 11 is 5.25. The molecule has 0 spiro atoms. The third-order valence-corrected chi connectivity index (χ3v) is 15.4. The highest BCUT2D eigenvalue weighted by molar-refractivity contribution is 6.19. The van der Waals surface area contributed by atoms with Crippen molar-refractivity contribution in [2.24, 2.45) is 38.9 Å². The van der Waals surface area contributed by atoms with Gasteiger partial charge in [0, 0.05) is 54.7 Å². The quantitative estimate of drug-likeness (QED) is 0.226. The van der Waals surface area contributed by atoms with Crippen molar-refractivity contribution in [1.82, 2.24) is 0 Å². The zero-order valence-corrected chi connectivity index (χ0v) is 35.8. The second-order valence-electron chi connectivity index (χ2n) is 18.9. The number of aliphatic carboxylic acids is 1. The number of carbonyl (C=O) groups excluding carboxylic acids is 4. The van der Waals surface area contributed by atoms with E-state index in [-0.39, 0.29) is 27.8 Å². The van der Waals surface area contributed by atoms with Crippen LogP contribution in [0.3, 0.4) is 0 Å². The van der Waals surface area contributed by atoms with Crippen LogP contribution in [-0.2, 0) is 24.0 Å². The van der Waals surface area contributed by atoms with Crippen LogP contribution < -0.4 is 0 Å². The summed E-state index contributed by atoms with van der Waals surface area (Å²) in [4.78, 5) is 57.4. The monoisotopic (exact) mass is 766 g/mol. The Morgan fingerprint density at radius 3 is 2.04 bits per heavy atom. The Bertz CT molecular complexity index is 1550. The van der Waals surface area contributed by atoms with E-state index >= 15 is 0 Å². The molecule has 7 aliphatic rings. The van der Waals surface area contributed by atoms with Crippen LogP contribution in [0.5, 0.6) is 0 Å². The Labute approximate surface area is 331 Å². The van der Waals surface area contributed by atoms with Crippen LogP contribution in [0, 0.1) is 38.9 Å². The fourth-order valence-electron chi connectivity index (χ4n) is 11.8. The molecule has 7 heteroatoms. The van der Waals surface area contributed by atoms with E-state index < -0.39 is 11.4 Å². The number of allylic oxidation sites excluding steroid dienone is 5. The van der Waals surface area contributed by atoms with E-state index in [2.05, 4.69) is 46.8 Å². The van der Waals surface area contributed by atoms with Crippen LogP contribution in [0.25, 0.3) is 0 Å². The van der Waals surface area contributed by atoms with Gasteiger partial charge in [-0.25, -0.2) is 0 Å². The van der Waals surface area contributed by atoms with E-state index in [1.54, 1.807) is 5.57 Å². The Kier molecular flexibility index (Phi) is 14.7. The van der Waals surface area contributed by atoms with Gasteiger partial charge in [0.2, 0.25) is 0 Å². The number of hydrogen-bond acceptors (Lipinski definition) is 5. The molecule has 0 radical (unpaired) electrons. The highest BCUT2D eigenvalue weighted by Crippen LogP contribution is 2.65. The Balaban J connectivity index is 0.000000177. The SMILES string of the molecule is CC1(C)C(=O)CC[C@]2(C)C3=CCCC[C@]3(C)CC[C@@H]12.CC1=C2CC[C@@]3(C(=O)O)CCCC=C3[C@@]2(C)CCC1=O.CC1CCCCC1=O.CCC(=O)CCCl. The van der Waals surface area contributed by atoms with E-state index in [9.17, 15) is 29.1 Å². The topological polar surface area (TPSA) is 106 Å². The number of rotatable bonds is 4. The molecule has 7 rings (SSSR count). The van der Waals surface area contributed by atoms with Crippen molar-refractivity contribution in [3.05, 3.63) is 34.4 Å². The Hall–Kier alpha value is -2.34. The van der Waals surface area contributed by atoms with Crippen LogP contribution in [0.2, 0.25) is 0 Å². The molecule has 0 saturated heterocycles. The average Bonchev–Trinajstić information content (AvgIpc) is 3.14. The lowest BCUT2D eigenvalue weighted by Crippen LogP contribution is -2.54. The second-order valence-corrected chi connectivity index (χ2v) is 19.3. The molecule has 0 heterocycles. The molecular weight excluding hydrogens is 696 g/mol. The Morgan fingerprint density at radius 1 is 0.796 bits per heavy atom. The van der Waals surface area contributed by atoms with Crippen molar-refractivity contribution in [3.8, 4) is 0 Å². The molecule has 7 aliphatic carbocycles. The highest BCUT2D eigenvalue weighted by Gasteiger charge is 2.58. The smallest absolute Gasteiger partial charge is 0.313 e. The number of carbonyl (C=O) groups is 5. The molecule has 302 valence electrons. The highest BCUT2D eigenvalue weighted by atomic mass is 35.5. The summed E-state index contributed by atoms with van der Waals surface area (Å²) in [5, 5.41) is 9.82. The van der Waals surface area contributed by atoms with Gasteiger partial charge in [-0.15, -0.1) is 11.6 Å². The number of Topliss-reactive ketones (excluding diaryl/α,β-unsaturated/α-hetero) is 4. The van der Waals surface area contributed by atoms with Crippen molar-refractivity contribution in [3.63, 3.8) is 0 Å². The molecule has 1 unspecified atom stereocenters. The zero-order chi connectivity index (χ0) is 40.1. The largest absolute Gasteiger partial charge is 0.481 e. The van der Waals surface area contributed by atoms with Crippen molar-refractivity contribution < 1.29 is 29.1 Å². The number of ketones is 4. The molecule has 0 aromatic heterocycles. The van der Waals surface area contributed by atoms with Crippen LogP contribution in [0.4, 0.5) is 0 Å². The van der Waals surface area contributed by atoms with Crippen LogP contribution in [0.1, 0.15) is 184 Å². The molecule has 0 amide bonds. The van der Waals surface area contributed by atoms with E-state index in [0.717, 1.165) is 75.4 Å². The van der Waals surface area contributed by atoms with Crippen LogP contribution in [-0.4, -0.2) is 40.1 Å². The van der Waals surface area contributed by atoms with Gasteiger partial charge in [-0.1, -0.05) is 78.2 Å². The normalized spacial score (nSPS) is 35.3. The predicted octanol–water partition coefficient (Wildman–Crippen LogP) is 11.9. The third-order valence-electron chi connectivity index (χ3n) is 15.3. The van der Waals surface area contributed by atoms with Crippen molar-refractivity contribution in [2.45, 2.75) is 184 Å². The first-order valence-corrected chi connectivity index (χ1v) is 21.9. The van der Waals surface area contributed by atoms with Gasteiger partial charge < -0.3 is 5.11 Å². The fraction of sp³-hybridized carbons (Fsp3) is 0.766. The average molecular weight is 768 g/mol. The van der Waals surface area contributed by atoms with E-state index in [4.69, 9.17) is 11.6 Å². The van der Waals surface area contributed by atoms with Crippen molar-refractivity contribution in [2.75, 3.05) is 5.88 Å². The number of halogens is 1. The van der Waals surface area contributed by atoms with Crippen LogP contribution >= 0.6 is 11.6 Å². The minimum absolute atomic E-state index is 0.118. The summed E-state index contributed by atoms with van der Waals surface area (Å²) < 4.78 is 0. The van der Waals surface area contributed by atoms with Gasteiger partial charge >= 0.3 is 5.97 Å². The predicted molar refractivity (Wildman–Crippen MR) is 218 cm³/mol.